The Morgan fingerprint density at radius 3 is 2.65 bits per heavy atom. The van der Waals surface area contributed by atoms with Crippen LogP contribution in [0.25, 0.3) is 33.2 Å². The van der Waals surface area contributed by atoms with Gasteiger partial charge in [0.15, 0.2) is 0 Å². The molecule has 0 spiro atoms. The first-order valence-corrected chi connectivity index (χ1v) is 11.3. The minimum atomic E-state index is -1.06. The van der Waals surface area contributed by atoms with Gasteiger partial charge in [0, 0.05) is 41.4 Å². The molecular formula is C27H24N4O3. The number of anilines is 2. The summed E-state index contributed by atoms with van der Waals surface area (Å²) in [6.07, 6.45) is 4.59. The maximum Gasteiger partial charge on any atom is 0.354 e. The van der Waals surface area contributed by atoms with Crippen LogP contribution in [-0.4, -0.2) is 33.0 Å². The van der Waals surface area contributed by atoms with E-state index >= 15 is 0 Å². The molecule has 3 N–H and O–H groups in total. The maximum absolute atomic E-state index is 12.4. The summed E-state index contributed by atoms with van der Waals surface area (Å²) in [6, 6.07) is 15.5. The standard InChI is InChI=1S/C27H24N4O3/c1-3-16-7-9-20(26-25(16)31-24(32)11-15(2)30-26)19-6-4-5-17-12-23(29-14-21(17)19)18-8-10-22(27(33)34)28-13-18/h4-10,12-15,30H,3,11H2,1-2H3,(H,31,32)(H,33,34)/t15-/m1/s1. The molecular weight excluding hydrogens is 428 g/mol. The van der Waals surface area contributed by atoms with E-state index in [1.807, 2.05) is 31.3 Å². The Balaban J connectivity index is 1.63. The van der Waals surface area contributed by atoms with E-state index in [9.17, 15) is 9.59 Å². The van der Waals surface area contributed by atoms with E-state index in [4.69, 9.17) is 5.11 Å². The number of carboxylic acid groups (broad SMARTS) is 1. The van der Waals surface area contributed by atoms with E-state index in [1.165, 1.54) is 12.3 Å². The predicted molar refractivity (Wildman–Crippen MR) is 133 cm³/mol. The Bertz CT molecular complexity index is 1430. The molecule has 0 fully saturated rings. The number of aromatic nitrogens is 2. The Kier molecular flexibility index (Phi) is 5.45. The zero-order valence-electron chi connectivity index (χ0n) is 18.9. The Labute approximate surface area is 196 Å². The van der Waals surface area contributed by atoms with Crippen LogP contribution >= 0.6 is 0 Å². The molecule has 2 aromatic heterocycles. The van der Waals surface area contributed by atoms with Gasteiger partial charge < -0.3 is 15.7 Å². The van der Waals surface area contributed by atoms with Crippen LogP contribution < -0.4 is 10.6 Å². The number of hydrogen-bond donors (Lipinski definition) is 3. The second kappa shape index (κ2) is 8.59. The molecule has 3 heterocycles. The lowest BCUT2D eigenvalue weighted by Gasteiger charge is -2.20. The fraction of sp³-hybridized carbons (Fsp3) is 0.185. The minimum Gasteiger partial charge on any atom is -0.477 e. The van der Waals surface area contributed by atoms with Gasteiger partial charge in [-0.2, -0.15) is 0 Å². The average molecular weight is 453 g/mol. The molecule has 1 amide bonds. The normalized spacial score (nSPS) is 15.2. The van der Waals surface area contributed by atoms with Gasteiger partial charge in [-0.1, -0.05) is 37.3 Å². The van der Waals surface area contributed by atoms with Gasteiger partial charge in [-0.3, -0.25) is 9.78 Å². The van der Waals surface area contributed by atoms with Crippen molar-refractivity contribution in [2.45, 2.75) is 32.7 Å². The molecule has 170 valence electrons. The van der Waals surface area contributed by atoms with E-state index in [1.54, 1.807) is 6.07 Å². The fourth-order valence-electron chi connectivity index (χ4n) is 4.46. The number of fused-ring (bicyclic) bond motifs is 2. The highest BCUT2D eigenvalue weighted by Gasteiger charge is 2.23. The van der Waals surface area contributed by atoms with Crippen molar-refractivity contribution in [2.75, 3.05) is 10.6 Å². The molecule has 1 aliphatic rings. The summed E-state index contributed by atoms with van der Waals surface area (Å²) in [4.78, 5) is 32.2. The van der Waals surface area contributed by atoms with Crippen LogP contribution in [0.2, 0.25) is 0 Å². The number of rotatable bonds is 4. The number of benzene rings is 2. The summed E-state index contributed by atoms with van der Waals surface area (Å²) in [6.45, 7) is 4.09. The third kappa shape index (κ3) is 3.85. The monoisotopic (exact) mass is 452 g/mol. The highest BCUT2D eigenvalue weighted by molar-refractivity contribution is 6.06. The topological polar surface area (TPSA) is 104 Å². The van der Waals surface area contributed by atoms with Crippen molar-refractivity contribution < 1.29 is 14.7 Å². The highest BCUT2D eigenvalue weighted by atomic mass is 16.4. The number of nitrogens with one attached hydrogen (secondary N) is 2. The molecule has 1 atom stereocenters. The first-order valence-electron chi connectivity index (χ1n) is 11.3. The zero-order chi connectivity index (χ0) is 23.8. The van der Waals surface area contributed by atoms with Crippen molar-refractivity contribution in [2.24, 2.45) is 0 Å². The predicted octanol–water partition coefficient (Wildman–Crippen LogP) is 5.37. The average Bonchev–Trinajstić information content (AvgIpc) is 2.99. The van der Waals surface area contributed by atoms with Gasteiger partial charge in [-0.05, 0) is 48.1 Å². The number of nitrogens with zero attached hydrogens (tertiary/aromatic N) is 2. The summed E-state index contributed by atoms with van der Waals surface area (Å²) in [5, 5.41) is 17.7. The first-order chi connectivity index (χ1) is 16.4. The highest BCUT2D eigenvalue weighted by Crippen LogP contribution is 2.42. The van der Waals surface area contributed by atoms with Crippen LogP contribution in [0.4, 0.5) is 11.4 Å². The summed E-state index contributed by atoms with van der Waals surface area (Å²) in [7, 11) is 0. The molecule has 5 rings (SSSR count). The number of carbonyl (C=O) groups excluding carboxylic acids is 1. The molecule has 0 unspecified atom stereocenters. The number of amides is 1. The van der Waals surface area contributed by atoms with Gasteiger partial charge in [-0.15, -0.1) is 0 Å². The van der Waals surface area contributed by atoms with Gasteiger partial charge in [0.05, 0.1) is 17.1 Å². The number of carbonyl (C=O) groups is 2. The Morgan fingerprint density at radius 1 is 1.06 bits per heavy atom. The third-order valence-corrected chi connectivity index (χ3v) is 6.15. The molecule has 0 radical (unpaired) electrons. The van der Waals surface area contributed by atoms with E-state index in [0.29, 0.717) is 12.1 Å². The van der Waals surface area contributed by atoms with Crippen LogP contribution in [-0.2, 0) is 11.2 Å². The molecule has 7 heteroatoms. The van der Waals surface area contributed by atoms with Crippen molar-refractivity contribution in [1.82, 2.24) is 9.97 Å². The molecule has 0 saturated heterocycles. The van der Waals surface area contributed by atoms with E-state index in [2.05, 4.69) is 45.7 Å². The largest absolute Gasteiger partial charge is 0.477 e. The van der Waals surface area contributed by atoms with Crippen LogP contribution in [0.3, 0.4) is 0 Å². The van der Waals surface area contributed by atoms with E-state index < -0.39 is 5.97 Å². The third-order valence-electron chi connectivity index (χ3n) is 6.15. The first kappa shape index (κ1) is 21.6. The summed E-state index contributed by atoms with van der Waals surface area (Å²) < 4.78 is 0. The van der Waals surface area contributed by atoms with Crippen molar-refractivity contribution >= 4 is 34.0 Å². The van der Waals surface area contributed by atoms with Crippen LogP contribution in [0.5, 0.6) is 0 Å². The molecule has 0 saturated carbocycles. The lowest BCUT2D eigenvalue weighted by atomic mass is 9.94. The van der Waals surface area contributed by atoms with Gasteiger partial charge >= 0.3 is 5.97 Å². The van der Waals surface area contributed by atoms with Gasteiger partial charge in [-0.25, -0.2) is 9.78 Å². The van der Waals surface area contributed by atoms with Gasteiger partial charge in [0.1, 0.15) is 5.69 Å². The Hall–Kier alpha value is -4.26. The molecule has 4 aromatic rings. The smallest absolute Gasteiger partial charge is 0.354 e. The number of carboxylic acids is 1. The van der Waals surface area contributed by atoms with Crippen LogP contribution in [0.1, 0.15) is 36.3 Å². The van der Waals surface area contributed by atoms with Crippen molar-refractivity contribution in [3.05, 3.63) is 72.2 Å². The maximum atomic E-state index is 12.4. The number of hydrogen-bond acceptors (Lipinski definition) is 5. The fourth-order valence-corrected chi connectivity index (χ4v) is 4.46. The van der Waals surface area contributed by atoms with Crippen LogP contribution in [0.15, 0.2) is 60.9 Å². The number of pyridine rings is 2. The van der Waals surface area contributed by atoms with Gasteiger partial charge in [0.25, 0.3) is 0 Å². The minimum absolute atomic E-state index is 0.00290. The lowest BCUT2D eigenvalue weighted by molar-refractivity contribution is -0.116. The molecule has 1 aliphatic heterocycles. The molecule has 0 bridgehead atoms. The number of aryl methyl sites for hydroxylation is 1. The van der Waals surface area contributed by atoms with Crippen molar-refractivity contribution in [3.8, 4) is 22.4 Å². The summed E-state index contributed by atoms with van der Waals surface area (Å²) in [5.41, 5.74) is 6.36. The molecule has 34 heavy (non-hydrogen) atoms. The summed E-state index contributed by atoms with van der Waals surface area (Å²) in [5.74, 6) is -1.05. The second-order valence-corrected chi connectivity index (χ2v) is 8.51. The molecule has 0 aliphatic carbocycles. The quantitative estimate of drug-likeness (QED) is 0.385. The Morgan fingerprint density at radius 2 is 1.91 bits per heavy atom. The van der Waals surface area contributed by atoms with Gasteiger partial charge in [0.2, 0.25) is 5.91 Å². The van der Waals surface area contributed by atoms with E-state index in [-0.39, 0.29) is 17.6 Å². The SMILES string of the molecule is CCc1ccc(-c2cccc3cc(-c4ccc(C(=O)O)nc4)ncc23)c2c1NC(=O)C[C@@H](C)N2. The summed E-state index contributed by atoms with van der Waals surface area (Å²) >= 11 is 0. The van der Waals surface area contributed by atoms with Crippen molar-refractivity contribution in [3.63, 3.8) is 0 Å². The van der Waals surface area contributed by atoms with Crippen LogP contribution in [0, 0.1) is 0 Å². The second-order valence-electron chi connectivity index (χ2n) is 8.51. The van der Waals surface area contributed by atoms with E-state index in [0.717, 1.165) is 50.8 Å². The zero-order valence-corrected chi connectivity index (χ0v) is 18.9. The lowest BCUT2D eigenvalue weighted by Crippen LogP contribution is -2.19. The number of aromatic carboxylic acids is 1. The molecule has 2 aromatic carbocycles. The van der Waals surface area contributed by atoms with Crippen molar-refractivity contribution in [1.29, 1.82) is 0 Å². The molecule has 7 nitrogen and oxygen atoms in total.